The maximum Gasteiger partial charge on any atom is 0.246 e. The third-order valence-corrected chi connectivity index (χ3v) is 5.13. The van der Waals surface area contributed by atoms with Gasteiger partial charge >= 0.3 is 0 Å². The minimum absolute atomic E-state index is 0.151. The van der Waals surface area contributed by atoms with Crippen molar-refractivity contribution in [1.29, 1.82) is 0 Å². The number of carbonyl (C=O) groups is 1. The van der Waals surface area contributed by atoms with E-state index < -0.39 is 16.1 Å². The molecular weight excluding hydrogens is 302 g/mol. The number of hydrogen-bond acceptors (Lipinski definition) is 4. The minimum Gasteiger partial charge on any atom is -0.338 e. The molecule has 1 aromatic carbocycles. The van der Waals surface area contributed by atoms with E-state index in [1.54, 1.807) is 36.1 Å². The van der Waals surface area contributed by atoms with Crippen LogP contribution in [0.5, 0.6) is 0 Å². The maximum absolute atomic E-state index is 12.7. The van der Waals surface area contributed by atoms with Gasteiger partial charge in [0.1, 0.15) is 6.04 Å². The van der Waals surface area contributed by atoms with E-state index in [-0.39, 0.29) is 5.91 Å². The quantitative estimate of drug-likeness (QED) is 0.814. The summed E-state index contributed by atoms with van der Waals surface area (Å²) in [7, 11) is -1.52. The number of likely N-dealkylation sites (N-methyl/N-ethyl adjacent to an activating group) is 1. The average molecular weight is 325 g/mol. The summed E-state index contributed by atoms with van der Waals surface area (Å²) in [5.74, 6) is -0.151. The van der Waals surface area contributed by atoms with E-state index in [1.807, 2.05) is 13.1 Å². The summed E-state index contributed by atoms with van der Waals surface area (Å²) in [4.78, 5) is 16.6. The van der Waals surface area contributed by atoms with Gasteiger partial charge in [0.15, 0.2) is 0 Å². The molecule has 7 heteroatoms. The lowest BCUT2D eigenvalue weighted by Crippen LogP contribution is -2.54. The molecule has 0 radical (unpaired) electrons. The zero-order chi connectivity index (χ0) is 16.3. The summed E-state index contributed by atoms with van der Waals surface area (Å²) in [5.41, 5.74) is 0.514. The van der Waals surface area contributed by atoms with Crippen molar-refractivity contribution >= 4 is 21.6 Å². The SMILES string of the molecule is C[C@@H](C(=O)N1CCN(C)CC1)N(c1ccccc1)S(C)(=O)=O. The molecule has 1 saturated heterocycles. The highest BCUT2D eigenvalue weighted by atomic mass is 32.2. The molecule has 22 heavy (non-hydrogen) atoms. The van der Waals surface area contributed by atoms with Gasteiger partial charge in [-0.15, -0.1) is 0 Å². The largest absolute Gasteiger partial charge is 0.338 e. The molecule has 122 valence electrons. The Hall–Kier alpha value is -1.60. The lowest BCUT2D eigenvalue weighted by atomic mass is 10.2. The van der Waals surface area contributed by atoms with Gasteiger partial charge in [0, 0.05) is 26.2 Å². The summed E-state index contributed by atoms with van der Waals surface area (Å²) in [5, 5.41) is 0. The van der Waals surface area contributed by atoms with Crippen molar-refractivity contribution in [1.82, 2.24) is 9.80 Å². The Labute approximate surface area is 132 Å². The molecule has 0 bridgehead atoms. The molecule has 0 aromatic heterocycles. The molecule has 1 aromatic rings. The van der Waals surface area contributed by atoms with Crippen molar-refractivity contribution in [3.8, 4) is 0 Å². The number of amides is 1. The maximum atomic E-state index is 12.7. The number of piperazine rings is 1. The van der Waals surface area contributed by atoms with Crippen LogP contribution >= 0.6 is 0 Å². The van der Waals surface area contributed by atoms with Gasteiger partial charge in [0.2, 0.25) is 15.9 Å². The van der Waals surface area contributed by atoms with E-state index in [9.17, 15) is 13.2 Å². The van der Waals surface area contributed by atoms with Crippen LogP contribution in [0.3, 0.4) is 0 Å². The summed E-state index contributed by atoms with van der Waals surface area (Å²) in [6.45, 7) is 4.53. The molecule has 1 heterocycles. The predicted molar refractivity (Wildman–Crippen MR) is 87.3 cm³/mol. The second-order valence-corrected chi connectivity index (χ2v) is 7.56. The van der Waals surface area contributed by atoms with Gasteiger partial charge < -0.3 is 9.80 Å². The third-order valence-electron chi connectivity index (χ3n) is 3.89. The van der Waals surface area contributed by atoms with Crippen LogP contribution in [0.1, 0.15) is 6.92 Å². The Balaban J connectivity index is 2.23. The van der Waals surface area contributed by atoms with E-state index in [1.165, 1.54) is 4.31 Å². The van der Waals surface area contributed by atoms with Gasteiger partial charge in [0.05, 0.1) is 11.9 Å². The summed E-state index contributed by atoms with van der Waals surface area (Å²) in [6.07, 6.45) is 1.13. The van der Waals surface area contributed by atoms with E-state index in [0.717, 1.165) is 19.3 Å². The predicted octanol–water partition coefficient (Wildman–Crippen LogP) is 0.615. The number of sulfonamides is 1. The molecule has 0 aliphatic carbocycles. The number of benzene rings is 1. The minimum atomic E-state index is -3.54. The number of anilines is 1. The number of hydrogen-bond donors (Lipinski definition) is 0. The summed E-state index contributed by atoms with van der Waals surface area (Å²) >= 11 is 0. The standard InChI is InChI=1S/C15H23N3O3S/c1-13(15(19)17-11-9-16(2)10-12-17)18(22(3,20)21)14-7-5-4-6-8-14/h4-8,13H,9-12H2,1-3H3/t13-/m0/s1. The normalized spacial score (nSPS) is 18.0. The first-order valence-corrected chi connectivity index (χ1v) is 9.17. The fourth-order valence-corrected chi connectivity index (χ4v) is 3.84. The van der Waals surface area contributed by atoms with Crippen LogP contribution in [-0.4, -0.2) is 69.6 Å². The van der Waals surface area contributed by atoms with Crippen molar-refractivity contribution in [3.05, 3.63) is 30.3 Å². The van der Waals surface area contributed by atoms with Gasteiger partial charge in [-0.05, 0) is 26.1 Å². The van der Waals surface area contributed by atoms with E-state index >= 15 is 0 Å². The van der Waals surface area contributed by atoms with Crippen LogP contribution in [0.4, 0.5) is 5.69 Å². The highest BCUT2D eigenvalue weighted by Gasteiger charge is 2.32. The van der Waals surface area contributed by atoms with Gasteiger partial charge in [-0.2, -0.15) is 0 Å². The summed E-state index contributed by atoms with van der Waals surface area (Å²) < 4.78 is 25.5. The van der Waals surface area contributed by atoms with E-state index in [2.05, 4.69) is 4.90 Å². The first kappa shape index (κ1) is 16.8. The molecule has 2 rings (SSSR count). The molecule has 1 fully saturated rings. The smallest absolute Gasteiger partial charge is 0.246 e. The zero-order valence-electron chi connectivity index (χ0n) is 13.3. The Morgan fingerprint density at radius 3 is 2.18 bits per heavy atom. The Kier molecular flexibility index (Phi) is 5.08. The third kappa shape index (κ3) is 3.78. The number of nitrogens with zero attached hydrogens (tertiary/aromatic N) is 3. The molecule has 1 amide bonds. The van der Waals surface area contributed by atoms with Crippen molar-refractivity contribution in [2.75, 3.05) is 43.8 Å². The second-order valence-electron chi connectivity index (χ2n) is 5.70. The average Bonchev–Trinajstić information content (AvgIpc) is 2.47. The van der Waals surface area contributed by atoms with Gasteiger partial charge in [-0.1, -0.05) is 18.2 Å². The highest BCUT2D eigenvalue weighted by molar-refractivity contribution is 7.92. The fourth-order valence-electron chi connectivity index (χ4n) is 2.67. The van der Waals surface area contributed by atoms with Crippen molar-refractivity contribution < 1.29 is 13.2 Å². The van der Waals surface area contributed by atoms with Gasteiger partial charge in [-0.25, -0.2) is 8.42 Å². The van der Waals surface area contributed by atoms with Crippen LogP contribution in [0.15, 0.2) is 30.3 Å². The molecule has 0 spiro atoms. The second kappa shape index (κ2) is 6.66. The molecule has 0 unspecified atom stereocenters. The highest BCUT2D eigenvalue weighted by Crippen LogP contribution is 2.21. The first-order chi connectivity index (χ1) is 10.3. The lowest BCUT2D eigenvalue weighted by Gasteiger charge is -2.36. The Morgan fingerprint density at radius 2 is 1.68 bits per heavy atom. The first-order valence-electron chi connectivity index (χ1n) is 7.32. The van der Waals surface area contributed by atoms with Crippen LogP contribution in [0, 0.1) is 0 Å². The lowest BCUT2D eigenvalue weighted by molar-refractivity contribution is -0.133. The number of carbonyl (C=O) groups excluding carboxylic acids is 1. The van der Waals surface area contributed by atoms with E-state index in [4.69, 9.17) is 0 Å². The van der Waals surface area contributed by atoms with Crippen molar-refractivity contribution in [3.63, 3.8) is 0 Å². The molecular formula is C15H23N3O3S. The zero-order valence-corrected chi connectivity index (χ0v) is 14.1. The molecule has 1 atom stereocenters. The van der Waals surface area contributed by atoms with Crippen LogP contribution in [-0.2, 0) is 14.8 Å². The Bertz CT molecular complexity index is 610. The summed E-state index contributed by atoms with van der Waals surface area (Å²) in [6, 6.07) is 8.00. The van der Waals surface area contributed by atoms with E-state index in [0.29, 0.717) is 18.8 Å². The number of rotatable bonds is 4. The molecule has 0 saturated carbocycles. The van der Waals surface area contributed by atoms with Crippen LogP contribution in [0.25, 0.3) is 0 Å². The molecule has 6 nitrogen and oxygen atoms in total. The fraction of sp³-hybridized carbons (Fsp3) is 0.533. The van der Waals surface area contributed by atoms with Crippen LogP contribution < -0.4 is 4.31 Å². The van der Waals surface area contributed by atoms with Crippen molar-refractivity contribution in [2.45, 2.75) is 13.0 Å². The molecule has 0 N–H and O–H groups in total. The monoisotopic (exact) mass is 325 g/mol. The van der Waals surface area contributed by atoms with Crippen LogP contribution in [0.2, 0.25) is 0 Å². The molecule has 1 aliphatic heterocycles. The molecule has 1 aliphatic rings. The number of para-hydroxylation sites is 1. The van der Waals surface area contributed by atoms with Gasteiger partial charge in [0.25, 0.3) is 0 Å². The Morgan fingerprint density at radius 1 is 1.14 bits per heavy atom. The van der Waals surface area contributed by atoms with Gasteiger partial charge in [-0.3, -0.25) is 9.10 Å². The van der Waals surface area contributed by atoms with Crippen molar-refractivity contribution in [2.24, 2.45) is 0 Å². The topological polar surface area (TPSA) is 60.9 Å².